The fraction of sp³-hybridized carbons (Fsp3) is 0.661. The molecule has 0 saturated carbocycles. The summed E-state index contributed by atoms with van der Waals surface area (Å²) in [7, 11) is 0. The quantitative estimate of drug-likeness (QED) is 0.0262. The van der Waals surface area contributed by atoms with Crippen molar-refractivity contribution in [3.63, 3.8) is 0 Å². The van der Waals surface area contributed by atoms with Crippen molar-refractivity contribution in [3.8, 4) is 0 Å². The van der Waals surface area contributed by atoms with E-state index in [9.17, 15) is 14.4 Å². The van der Waals surface area contributed by atoms with E-state index in [2.05, 4.69) is 130 Å². The molecule has 68 heavy (non-hydrogen) atoms. The zero-order chi connectivity index (χ0) is 49.3. The van der Waals surface area contributed by atoms with Crippen LogP contribution in [0.1, 0.15) is 245 Å². The molecule has 1 atom stereocenters. The van der Waals surface area contributed by atoms with E-state index in [4.69, 9.17) is 14.2 Å². The van der Waals surface area contributed by atoms with Gasteiger partial charge in [0.15, 0.2) is 6.10 Å². The Morgan fingerprint density at radius 2 is 0.544 bits per heavy atom. The summed E-state index contributed by atoms with van der Waals surface area (Å²) < 4.78 is 16.8. The Morgan fingerprint density at radius 1 is 0.294 bits per heavy atom. The van der Waals surface area contributed by atoms with Crippen LogP contribution in [0.3, 0.4) is 0 Å². The first-order valence-electron chi connectivity index (χ1n) is 27.9. The van der Waals surface area contributed by atoms with Gasteiger partial charge in [0.25, 0.3) is 0 Å². The molecular weight excluding hydrogens is 841 g/mol. The Bertz CT molecular complexity index is 1410. The van der Waals surface area contributed by atoms with E-state index < -0.39 is 6.10 Å². The number of esters is 3. The van der Waals surface area contributed by atoms with Gasteiger partial charge in [-0.1, -0.05) is 207 Å². The molecule has 0 bridgehead atoms. The van der Waals surface area contributed by atoms with Crippen LogP contribution in [0, 0.1) is 0 Å². The Labute approximate surface area is 419 Å². The van der Waals surface area contributed by atoms with Crippen molar-refractivity contribution in [3.05, 3.63) is 109 Å². The normalized spacial score (nSPS) is 12.9. The fourth-order valence-electron chi connectivity index (χ4n) is 7.21. The van der Waals surface area contributed by atoms with Gasteiger partial charge in [0.1, 0.15) is 13.2 Å². The molecule has 6 heteroatoms. The van der Waals surface area contributed by atoms with Crippen LogP contribution in [0.5, 0.6) is 0 Å². The van der Waals surface area contributed by atoms with Crippen molar-refractivity contribution >= 4 is 17.9 Å². The molecule has 0 N–H and O–H groups in total. The molecule has 0 aromatic rings. The summed E-state index contributed by atoms with van der Waals surface area (Å²) >= 11 is 0. The third-order valence-electron chi connectivity index (χ3n) is 11.5. The van der Waals surface area contributed by atoms with E-state index in [0.717, 1.165) is 135 Å². The molecule has 0 radical (unpaired) electrons. The Hall–Kier alpha value is -3.93. The molecule has 0 fully saturated rings. The van der Waals surface area contributed by atoms with Crippen LogP contribution in [0.4, 0.5) is 0 Å². The van der Waals surface area contributed by atoms with Crippen LogP contribution < -0.4 is 0 Å². The highest BCUT2D eigenvalue weighted by Gasteiger charge is 2.19. The van der Waals surface area contributed by atoms with Crippen LogP contribution in [-0.2, 0) is 28.6 Å². The fourth-order valence-corrected chi connectivity index (χ4v) is 7.21. The molecule has 0 rings (SSSR count). The second-order valence-electron chi connectivity index (χ2n) is 18.1. The van der Waals surface area contributed by atoms with E-state index >= 15 is 0 Å². The standard InChI is InChI=1S/C62H102O6/c1-4-7-10-13-16-19-22-25-28-30-31-33-34-37-40-43-46-49-52-55-61(64)67-58-59(57-66-60(63)54-51-48-45-42-39-36-27-24-21-18-15-12-9-6-3)68-62(65)56-53-50-47-44-41-38-35-32-29-26-23-20-17-14-11-8-5-2/h15-20,24-29,31,33,35,37-38,40,59H,4-14,21-23,30,32,34,36,39,41-58H2,1-3H3/b18-15-,19-16-,20-17-,27-24-,28-25-,29-26-,33-31-,38-35-,40-37-/t59-/m1/s1. The van der Waals surface area contributed by atoms with Crippen molar-refractivity contribution in [2.24, 2.45) is 0 Å². The SMILES string of the molecule is CCCC/C=C\C/C=C\CCCCCCCC(=O)OC[C@H](COC(=O)CCCCC/C=C\C/C=C\C/C=C\C/C=C\CCCCC)OC(=O)CCCCCC/C=C\C/C=C\C/C=C\CCCCC. The van der Waals surface area contributed by atoms with Crippen molar-refractivity contribution < 1.29 is 28.6 Å². The van der Waals surface area contributed by atoms with Gasteiger partial charge in [-0.15, -0.1) is 0 Å². The Morgan fingerprint density at radius 3 is 0.882 bits per heavy atom. The molecule has 0 aliphatic heterocycles. The average molecular weight is 943 g/mol. The van der Waals surface area contributed by atoms with Gasteiger partial charge in [-0.3, -0.25) is 14.4 Å². The number of hydrogen-bond donors (Lipinski definition) is 0. The lowest BCUT2D eigenvalue weighted by Gasteiger charge is -2.18. The van der Waals surface area contributed by atoms with E-state index in [1.165, 1.54) is 70.6 Å². The maximum absolute atomic E-state index is 12.8. The minimum atomic E-state index is -0.811. The van der Waals surface area contributed by atoms with Crippen LogP contribution in [0.25, 0.3) is 0 Å². The molecule has 0 amide bonds. The number of carbonyl (C=O) groups is 3. The number of unbranched alkanes of at least 4 members (excludes halogenated alkanes) is 20. The van der Waals surface area contributed by atoms with Gasteiger partial charge >= 0.3 is 17.9 Å². The van der Waals surface area contributed by atoms with Gasteiger partial charge < -0.3 is 14.2 Å². The highest BCUT2D eigenvalue weighted by Crippen LogP contribution is 2.13. The van der Waals surface area contributed by atoms with Crippen molar-refractivity contribution in [1.82, 2.24) is 0 Å². The maximum Gasteiger partial charge on any atom is 0.306 e. The molecule has 386 valence electrons. The predicted molar refractivity (Wildman–Crippen MR) is 293 cm³/mol. The maximum atomic E-state index is 12.8. The summed E-state index contributed by atoms with van der Waals surface area (Å²) in [4.78, 5) is 38.1. The van der Waals surface area contributed by atoms with Crippen LogP contribution in [-0.4, -0.2) is 37.2 Å². The molecule has 6 nitrogen and oxygen atoms in total. The summed E-state index contributed by atoms with van der Waals surface area (Å²) in [6.45, 7) is 6.48. The van der Waals surface area contributed by atoms with Gasteiger partial charge in [-0.05, 0) is 128 Å². The Balaban J connectivity index is 4.52. The topological polar surface area (TPSA) is 78.9 Å². The van der Waals surface area contributed by atoms with Crippen molar-refractivity contribution in [2.45, 2.75) is 252 Å². The number of rotatable bonds is 49. The average Bonchev–Trinajstić information content (AvgIpc) is 3.34. The molecule has 0 aliphatic carbocycles. The number of hydrogen-bond acceptors (Lipinski definition) is 6. The van der Waals surface area contributed by atoms with Crippen LogP contribution in [0.15, 0.2) is 109 Å². The van der Waals surface area contributed by atoms with Gasteiger partial charge in [-0.25, -0.2) is 0 Å². The van der Waals surface area contributed by atoms with Gasteiger partial charge in [0, 0.05) is 19.3 Å². The first-order valence-corrected chi connectivity index (χ1v) is 27.9. The van der Waals surface area contributed by atoms with Crippen molar-refractivity contribution in [2.75, 3.05) is 13.2 Å². The zero-order valence-electron chi connectivity index (χ0n) is 44.1. The van der Waals surface area contributed by atoms with Crippen LogP contribution >= 0.6 is 0 Å². The number of carbonyl (C=O) groups excluding carboxylic acids is 3. The largest absolute Gasteiger partial charge is 0.462 e. The van der Waals surface area contributed by atoms with Crippen LogP contribution in [0.2, 0.25) is 0 Å². The van der Waals surface area contributed by atoms with Gasteiger partial charge in [0.05, 0.1) is 0 Å². The molecule has 0 spiro atoms. The van der Waals surface area contributed by atoms with E-state index in [0.29, 0.717) is 12.8 Å². The molecule has 0 unspecified atom stereocenters. The summed E-state index contributed by atoms with van der Waals surface area (Å²) in [5, 5.41) is 0. The first-order chi connectivity index (χ1) is 33.5. The molecular formula is C62H102O6. The predicted octanol–water partition coefficient (Wildman–Crippen LogP) is 18.7. The highest BCUT2D eigenvalue weighted by molar-refractivity contribution is 5.71. The summed E-state index contributed by atoms with van der Waals surface area (Å²) in [5.74, 6) is -0.975. The van der Waals surface area contributed by atoms with E-state index in [1.807, 2.05) is 0 Å². The van der Waals surface area contributed by atoms with E-state index in [-0.39, 0.29) is 37.5 Å². The zero-order valence-corrected chi connectivity index (χ0v) is 44.1. The molecule has 0 aliphatic rings. The minimum absolute atomic E-state index is 0.107. The second kappa shape index (κ2) is 55.7. The minimum Gasteiger partial charge on any atom is -0.462 e. The van der Waals surface area contributed by atoms with Crippen molar-refractivity contribution in [1.29, 1.82) is 0 Å². The van der Waals surface area contributed by atoms with Gasteiger partial charge in [0.2, 0.25) is 0 Å². The molecule has 0 aromatic heterocycles. The summed E-state index contributed by atoms with van der Waals surface area (Å²) in [6.07, 6.45) is 74.9. The second-order valence-corrected chi connectivity index (χ2v) is 18.1. The first kappa shape index (κ1) is 64.1. The molecule has 0 saturated heterocycles. The number of ether oxygens (including phenoxy) is 3. The number of allylic oxidation sites excluding steroid dienone is 18. The molecule has 0 aromatic carbocycles. The lowest BCUT2D eigenvalue weighted by molar-refractivity contribution is -0.167. The lowest BCUT2D eigenvalue weighted by atomic mass is 10.1. The van der Waals surface area contributed by atoms with E-state index in [1.54, 1.807) is 0 Å². The monoisotopic (exact) mass is 943 g/mol. The van der Waals surface area contributed by atoms with Gasteiger partial charge in [-0.2, -0.15) is 0 Å². The smallest absolute Gasteiger partial charge is 0.306 e. The highest BCUT2D eigenvalue weighted by atomic mass is 16.6. The lowest BCUT2D eigenvalue weighted by Crippen LogP contribution is -2.30. The summed E-state index contributed by atoms with van der Waals surface area (Å²) in [5.41, 5.74) is 0. The third-order valence-corrected chi connectivity index (χ3v) is 11.5. The summed E-state index contributed by atoms with van der Waals surface area (Å²) in [6, 6.07) is 0. The third kappa shape index (κ3) is 53.0. The Kier molecular flexibility index (Phi) is 52.4. The molecule has 0 heterocycles.